The molecule has 0 rings (SSSR count). The van der Waals surface area contributed by atoms with Crippen LogP contribution in [0, 0.1) is 5.92 Å². The Labute approximate surface area is 54.4 Å². The number of halogens is 2. The second kappa shape index (κ2) is 3.11. The highest BCUT2D eigenvalue weighted by atomic mass is 19.3. The van der Waals surface area contributed by atoms with Crippen LogP contribution in [0.1, 0.15) is 20.3 Å². The molecular weight excluding hydrogens is 124 g/mol. The molecule has 0 fully saturated rings. The Morgan fingerprint density at radius 1 is 1.44 bits per heavy atom. The molecule has 0 heterocycles. The topological polar surface area (TPSA) is 12.0 Å². The van der Waals surface area contributed by atoms with Gasteiger partial charge in [-0.3, -0.25) is 5.32 Å². The molecule has 0 spiro atoms. The molecule has 56 valence electrons. The summed E-state index contributed by atoms with van der Waals surface area (Å²) in [4.78, 5) is 0. The van der Waals surface area contributed by atoms with E-state index in [1.54, 1.807) is 13.8 Å². The van der Waals surface area contributed by atoms with Gasteiger partial charge < -0.3 is 0 Å². The molecule has 0 aliphatic heterocycles. The summed E-state index contributed by atoms with van der Waals surface area (Å²) in [6.45, 7) is 3.54. The van der Waals surface area contributed by atoms with Crippen LogP contribution in [0.25, 0.3) is 0 Å². The summed E-state index contributed by atoms with van der Waals surface area (Å²) in [5, 5.41) is 1.94. The summed E-state index contributed by atoms with van der Waals surface area (Å²) in [5.41, 5.74) is 0. The molecule has 1 nitrogen and oxygen atoms in total. The van der Waals surface area contributed by atoms with E-state index in [2.05, 4.69) is 0 Å². The van der Waals surface area contributed by atoms with Crippen molar-refractivity contribution in [3.05, 3.63) is 0 Å². The zero-order valence-electron chi connectivity index (χ0n) is 6.04. The molecule has 0 aliphatic rings. The van der Waals surface area contributed by atoms with Gasteiger partial charge in [-0.25, -0.2) is 0 Å². The smallest absolute Gasteiger partial charge is 0.261 e. The largest absolute Gasteiger partial charge is 0.302 e. The Balaban J connectivity index is 3.58. The third kappa shape index (κ3) is 4.33. The van der Waals surface area contributed by atoms with Gasteiger partial charge in [-0.1, -0.05) is 13.8 Å². The van der Waals surface area contributed by atoms with Gasteiger partial charge in [0.05, 0.1) is 0 Å². The van der Waals surface area contributed by atoms with E-state index in [1.807, 2.05) is 5.32 Å². The monoisotopic (exact) mass is 137 g/mol. The summed E-state index contributed by atoms with van der Waals surface area (Å²) in [6.07, 6.45) is -0.0937. The summed E-state index contributed by atoms with van der Waals surface area (Å²) >= 11 is 0. The molecule has 3 heteroatoms. The number of nitrogens with one attached hydrogen (secondary N) is 1. The van der Waals surface area contributed by atoms with Gasteiger partial charge in [-0.05, 0) is 13.0 Å². The molecule has 1 N–H and O–H groups in total. The Morgan fingerprint density at radius 2 is 1.89 bits per heavy atom. The first-order chi connectivity index (χ1) is 3.98. The fraction of sp³-hybridized carbons (Fsp3) is 1.00. The van der Waals surface area contributed by atoms with E-state index in [1.165, 1.54) is 7.05 Å². The van der Waals surface area contributed by atoms with E-state index < -0.39 is 6.05 Å². The number of alkyl halides is 2. The predicted molar refractivity (Wildman–Crippen MR) is 33.5 cm³/mol. The molecule has 0 radical (unpaired) electrons. The van der Waals surface area contributed by atoms with Gasteiger partial charge in [0, 0.05) is 6.42 Å². The zero-order valence-corrected chi connectivity index (χ0v) is 6.04. The van der Waals surface area contributed by atoms with Crippen molar-refractivity contribution in [3.8, 4) is 0 Å². The molecule has 0 aromatic rings. The van der Waals surface area contributed by atoms with Crippen LogP contribution in [0.2, 0.25) is 0 Å². The minimum absolute atomic E-state index is 0.0347. The van der Waals surface area contributed by atoms with E-state index in [9.17, 15) is 8.78 Å². The Morgan fingerprint density at radius 3 is 2.00 bits per heavy atom. The standard InChI is InChI=1S/C6H13F2N/c1-5(2)4-6(7,8)9-3/h5,9H,4H2,1-3H3. The molecule has 9 heavy (non-hydrogen) atoms. The lowest BCUT2D eigenvalue weighted by Gasteiger charge is -2.16. The second-order valence-electron chi connectivity index (χ2n) is 2.55. The highest BCUT2D eigenvalue weighted by Crippen LogP contribution is 2.18. The van der Waals surface area contributed by atoms with Crippen molar-refractivity contribution in [2.24, 2.45) is 5.92 Å². The lowest BCUT2D eigenvalue weighted by atomic mass is 10.1. The molecule has 0 bridgehead atoms. The SMILES string of the molecule is CNC(F)(F)CC(C)C. The van der Waals surface area contributed by atoms with E-state index >= 15 is 0 Å². The maximum absolute atomic E-state index is 12.3. The fourth-order valence-corrected chi connectivity index (χ4v) is 0.615. The summed E-state index contributed by atoms with van der Waals surface area (Å²) in [6, 6.07) is -2.69. The van der Waals surface area contributed by atoms with E-state index in [-0.39, 0.29) is 12.3 Å². The van der Waals surface area contributed by atoms with Gasteiger partial charge in [0.2, 0.25) is 0 Å². The summed E-state index contributed by atoms with van der Waals surface area (Å²) in [7, 11) is 1.27. The van der Waals surface area contributed by atoms with Crippen LogP contribution in [0.3, 0.4) is 0 Å². The number of rotatable bonds is 3. The average Bonchev–Trinajstić information content (AvgIpc) is 1.63. The Hall–Kier alpha value is -0.180. The van der Waals surface area contributed by atoms with E-state index in [0.29, 0.717) is 0 Å². The highest BCUT2D eigenvalue weighted by Gasteiger charge is 2.26. The van der Waals surface area contributed by atoms with Crippen molar-refractivity contribution in [3.63, 3.8) is 0 Å². The molecule has 0 unspecified atom stereocenters. The molecule has 0 saturated carbocycles. The van der Waals surface area contributed by atoms with Crippen molar-refractivity contribution < 1.29 is 8.78 Å². The van der Waals surface area contributed by atoms with Gasteiger partial charge >= 0.3 is 6.05 Å². The van der Waals surface area contributed by atoms with Crippen molar-refractivity contribution in [1.82, 2.24) is 5.32 Å². The maximum Gasteiger partial charge on any atom is 0.302 e. The highest BCUT2D eigenvalue weighted by molar-refractivity contribution is 4.61. The van der Waals surface area contributed by atoms with Crippen LogP contribution in [-0.4, -0.2) is 13.1 Å². The lowest BCUT2D eigenvalue weighted by molar-refractivity contribution is -0.0455. The molecule has 0 aliphatic carbocycles. The van der Waals surface area contributed by atoms with E-state index in [0.717, 1.165) is 0 Å². The molecule has 0 aromatic carbocycles. The van der Waals surface area contributed by atoms with Crippen LogP contribution in [0.5, 0.6) is 0 Å². The summed E-state index contributed by atoms with van der Waals surface area (Å²) in [5.74, 6) is 0.0347. The van der Waals surface area contributed by atoms with Crippen LogP contribution < -0.4 is 5.32 Å². The molecule has 0 saturated heterocycles. The fourth-order valence-electron chi connectivity index (χ4n) is 0.615. The minimum atomic E-state index is -2.69. The molecule has 0 atom stereocenters. The second-order valence-corrected chi connectivity index (χ2v) is 2.55. The summed E-state index contributed by atoms with van der Waals surface area (Å²) < 4.78 is 24.6. The van der Waals surface area contributed by atoms with Gasteiger partial charge in [-0.2, -0.15) is 8.78 Å². The van der Waals surface area contributed by atoms with Crippen molar-refractivity contribution >= 4 is 0 Å². The number of hydrogen-bond acceptors (Lipinski definition) is 1. The zero-order chi connectivity index (χ0) is 7.49. The van der Waals surface area contributed by atoms with E-state index in [4.69, 9.17) is 0 Å². The van der Waals surface area contributed by atoms with Crippen molar-refractivity contribution in [2.75, 3.05) is 7.05 Å². The first-order valence-corrected chi connectivity index (χ1v) is 3.04. The van der Waals surface area contributed by atoms with Crippen LogP contribution in [-0.2, 0) is 0 Å². The Kier molecular flexibility index (Phi) is 3.04. The lowest BCUT2D eigenvalue weighted by Crippen LogP contribution is -2.34. The van der Waals surface area contributed by atoms with Gasteiger partial charge in [0.15, 0.2) is 0 Å². The van der Waals surface area contributed by atoms with Crippen molar-refractivity contribution in [1.29, 1.82) is 0 Å². The molecular formula is C6H13F2N. The van der Waals surface area contributed by atoms with Crippen LogP contribution >= 0.6 is 0 Å². The molecule has 0 aromatic heterocycles. The van der Waals surface area contributed by atoms with Gasteiger partial charge in [-0.15, -0.1) is 0 Å². The molecule has 0 amide bonds. The average molecular weight is 137 g/mol. The Bertz CT molecular complexity index is 81.1. The van der Waals surface area contributed by atoms with Crippen molar-refractivity contribution in [2.45, 2.75) is 26.3 Å². The first kappa shape index (κ1) is 8.82. The predicted octanol–water partition coefficient (Wildman–Crippen LogP) is 1.84. The van der Waals surface area contributed by atoms with Crippen LogP contribution in [0.4, 0.5) is 8.78 Å². The first-order valence-electron chi connectivity index (χ1n) is 3.04. The quantitative estimate of drug-likeness (QED) is 0.585. The third-order valence-electron chi connectivity index (χ3n) is 1.03. The van der Waals surface area contributed by atoms with Crippen LogP contribution in [0.15, 0.2) is 0 Å². The number of hydrogen-bond donors (Lipinski definition) is 1. The maximum atomic E-state index is 12.3. The minimum Gasteiger partial charge on any atom is -0.261 e. The van der Waals surface area contributed by atoms with Gasteiger partial charge in [0.25, 0.3) is 0 Å². The third-order valence-corrected chi connectivity index (χ3v) is 1.03. The normalized spacial score (nSPS) is 12.7. The van der Waals surface area contributed by atoms with Gasteiger partial charge in [0.1, 0.15) is 0 Å².